The highest BCUT2D eigenvalue weighted by atomic mass is 32.2. The Kier molecular flexibility index (Phi) is 8.36. The van der Waals surface area contributed by atoms with Gasteiger partial charge in [0.1, 0.15) is 5.75 Å². The van der Waals surface area contributed by atoms with Crippen molar-refractivity contribution in [3.05, 3.63) is 59.7 Å². The maximum absolute atomic E-state index is 11.9. The highest BCUT2D eigenvalue weighted by Gasteiger charge is 2.10. The average molecular weight is 402 g/mol. The van der Waals surface area contributed by atoms with Crippen LogP contribution in [0.5, 0.6) is 5.75 Å². The van der Waals surface area contributed by atoms with Crippen molar-refractivity contribution in [1.82, 2.24) is 5.32 Å². The van der Waals surface area contributed by atoms with E-state index in [0.29, 0.717) is 12.3 Å². The number of amides is 2. The van der Waals surface area contributed by atoms with Crippen LogP contribution in [0.2, 0.25) is 0 Å². The minimum atomic E-state index is -0.620. The summed E-state index contributed by atoms with van der Waals surface area (Å²) in [7, 11) is 0. The van der Waals surface area contributed by atoms with Crippen molar-refractivity contribution in [2.24, 2.45) is 5.73 Å². The van der Waals surface area contributed by atoms with E-state index in [9.17, 15) is 14.4 Å². The van der Waals surface area contributed by atoms with Gasteiger partial charge in [0, 0.05) is 17.2 Å². The highest BCUT2D eigenvalue weighted by Crippen LogP contribution is 2.17. The van der Waals surface area contributed by atoms with E-state index in [-0.39, 0.29) is 24.7 Å². The number of hydrogen-bond donors (Lipinski definition) is 2. The molecule has 3 N–H and O–H groups in total. The van der Waals surface area contributed by atoms with E-state index in [1.54, 1.807) is 11.8 Å². The zero-order valence-electron chi connectivity index (χ0n) is 15.5. The zero-order chi connectivity index (χ0) is 20.4. The van der Waals surface area contributed by atoms with Crippen LogP contribution in [0.15, 0.2) is 53.4 Å². The standard InChI is InChI=1S/C20H22N2O5S/c1-14-2-8-17(9-3-14)28-11-10-22-19(24)13-27-20(25)15-4-6-16(7-5-15)26-12-18(21)23/h2-9H,10-13H2,1H3,(H2,21,23)(H,22,24). The molecule has 7 nitrogen and oxygen atoms in total. The molecule has 2 amide bonds. The van der Waals surface area contributed by atoms with Crippen LogP contribution < -0.4 is 15.8 Å². The van der Waals surface area contributed by atoms with Crippen molar-refractivity contribution < 1.29 is 23.9 Å². The van der Waals surface area contributed by atoms with Crippen LogP contribution in [0.3, 0.4) is 0 Å². The molecular weight excluding hydrogens is 380 g/mol. The van der Waals surface area contributed by atoms with Crippen LogP contribution in [0.25, 0.3) is 0 Å². The van der Waals surface area contributed by atoms with Crippen LogP contribution in [0.1, 0.15) is 15.9 Å². The number of carbonyl (C=O) groups excluding carboxylic acids is 3. The molecule has 0 aliphatic heterocycles. The van der Waals surface area contributed by atoms with Crippen LogP contribution in [0, 0.1) is 6.92 Å². The summed E-state index contributed by atoms with van der Waals surface area (Å²) in [6.07, 6.45) is 0. The number of nitrogens with two attached hydrogens (primary N) is 1. The second kappa shape index (κ2) is 11.0. The Hall–Kier alpha value is -3.00. The number of rotatable bonds is 10. The number of thioether (sulfide) groups is 1. The Balaban J connectivity index is 1.65. The molecule has 28 heavy (non-hydrogen) atoms. The molecule has 148 valence electrons. The predicted molar refractivity (Wildman–Crippen MR) is 106 cm³/mol. The molecule has 0 atom stereocenters. The summed E-state index contributed by atoms with van der Waals surface area (Å²) in [5.41, 5.74) is 6.46. The summed E-state index contributed by atoms with van der Waals surface area (Å²) in [5.74, 6) is -0.453. The van der Waals surface area contributed by atoms with Gasteiger partial charge in [0.15, 0.2) is 13.2 Å². The quantitative estimate of drug-likeness (QED) is 0.357. The number of aryl methyl sites for hydroxylation is 1. The molecule has 2 aromatic carbocycles. The molecule has 0 fully saturated rings. The molecule has 0 radical (unpaired) electrons. The molecule has 0 heterocycles. The van der Waals surface area contributed by atoms with Crippen molar-refractivity contribution in [1.29, 1.82) is 0 Å². The predicted octanol–water partition coefficient (Wildman–Crippen LogP) is 1.92. The molecule has 0 bridgehead atoms. The number of esters is 1. The van der Waals surface area contributed by atoms with Gasteiger partial charge in [-0.15, -0.1) is 11.8 Å². The van der Waals surface area contributed by atoms with Gasteiger partial charge in [-0.2, -0.15) is 0 Å². The molecular formula is C20H22N2O5S. The number of nitrogens with one attached hydrogen (secondary N) is 1. The number of primary amides is 1. The third-order valence-electron chi connectivity index (χ3n) is 3.52. The van der Waals surface area contributed by atoms with Crippen molar-refractivity contribution in [3.63, 3.8) is 0 Å². The first-order valence-corrected chi connectivity index (χ1v) is 9.57. The molecule has 8 heteroatoms. The number of carbonyl (C=O) groups is 3. The van der Waals surface area contributed by atoms with Gasteiger partial charge >= 0.3 is 5.97 Å². The Morgan fingerprint density at radius 1 is 1.00 bits per heavy atom. The average Bonchev–Trinajstić information content (AvgIpc) is 2.69. The van der Waals surface area contributed by atoms with Crippen LogP contribution >= 0.6 is 11.8 Å². The minimum absolute atomic E-state index is 0.244. The van der Waals surface area contributed by atoms with Gasteiger partial charge in [0.25, 0.3) is 11.8 Å². The van der Waals surface area contributed by atoms with Gasteiger partial charge in [-0.05, 0) is 43.3 Å². The summed E-state index contributed by atoms with van der Waals surface area (Å²) in [6.45, 7) is 1.91. The number of hydrogen-bond acceptors (Lipinski definition) is 6. The van der Waals surface area contributed by atoms with Crippen molar-refractivity contribution in [2.45, 2.75) is 11.8 Å². The van der Waals surface area contributed by atoms with Gasteiger partial charge < -0.3 is 20.5 Å². The molecule has 0 aliphatic carbocycles. The third kappa shape index (κ3) is 7.71. The lowest BCUT2D eigenvalue weighted by Gasteiger charge is -2.08. The molecule has 2 rings (SSSR count). The number of benzene rings is 2. The maximum Gasteiger partial charge on any atom is 0.338 e. The second-order valence-electron chi connectivity index (χ2n) is 5.87. The van der Waals surface area contributed by atoms with Crippen LogP contribution in [0.4, 0.5) is 0 Å². The zero-order valence-corrected chi connectivity index (χ0v) is 16.3. The summed E-state index contributed by atoms with van der Waals surface area (Å²) < 4.78 is 10.1. The lowest BCUT2D eigenvalue weighted by Crippen LogP contribution is -2.30. The summed E-state index contributed by atoms with van der Waals surface area (Å²) >= 11 is 1.64. The maximum atomic E-state index is 11.9. The van der Waals surface area contributed by atoms with Gasteiger partial charge in [-0.1, -0.05) is 17.7 Å². The van der Waals surface area contributed by atoms with E-state index in [1.807, 2.05) is 31.2 Å². The summed E-state index contributed by atoms with van der Waals surface area (Å²) in [5, 5.41) is 2.71. The fraction of sp³-hybridized carbons (Fsp3) is 0.250. The van der Waals surface area contributed by atoms with Gasteiger partial charge in [0.2, 0.25) is 0 Å². The lowest BCUT2D eigenvalue weighted by molar-refractivity contribution is -0.124. The monoisotopic (exact) mass is 402 g/mol. The van der Waals surface area contributed by atoms with Gasteiger partial charge in [-0.25, -0.2) is 4.79 Å². The van der Waals surface area contributed by atoms with Crippen molar-refractivity contribution in [3.8, 4) is 5.75 Å². The third-order valence-corrected chi connectivity index (χ3v) is 4.53. The fourth-order valence-electron chi connectivity index (χ4n) is 2.10. The lowest BCUT2D eigenvalue weighted by atomic mass is 10.2. The molecule has 2 aromatic rings. The Morgan fingerprint density at radius 2 is 1.68 bits per heavy atom. The molecule has 0 spiro atoms. The summed E-state index contributed by atoms with van der Waals surface area (Å²) in [6, 6.07) is 14.1. The molecule has 0 aliphatic rings. The van der Waals surface area contributed by atoms with Crippen molar-refractivity contribution >= 4 is 29.5 Å². The normalized spacial score (nSPS) is 10.2. The fourth-order valence-corrected chi connectivity index (χ4v) is 2.87. The first kappa shape index (κ1) is 21.3. The van der Waals surface area contributed by atoms with Gasteiger partial charge in [0.05, 0.1) is 5.56 Å². The Labute approximate surface area is 167 Å². The Bertz CT molecular complexity index is 806. The second-order valence-corrected chi connectivity index (χ2v) is 7.04. The van der Waals surface area contributed by atoms with E-state index in [4.69, 9.17) is 15.2 Å². The van der Waals surface area contributed by atoms with Crippen LogP contribution in [-0.2, 0) is 14.3 Å². The first-order chi connectivity index (χ1) is 13.4. The van der Waals surface area contributed by atoms with Gasteiger partial charge in [-0.3, -0.25) is 9.59 Å². The topological polar surface area (TPSA) is 108 Å². The van der Waals surface area contributed by atoms with Crippen molar-refractivity contribution in [2.75, 3.05) is 25.5 Å². The SMILES string of the molecule is Cc1ccc(SCCNC(=O)COC(=O)c2ccc(OCC(N)=O)cc2)cc1. The molecule has 0 saturated carbocycles. The summed E-state index contributed by atoms with van der Waals surface area (Å²) in [4.78, 5) is 35.5. The first-order valence-electron chi connectivity index (χ1n) is 8.58. The van der Waals surface area contributed by atoms with Crippen LogP contribution in [-0.4, -0.2) is 43.3 Å². The van der Waals surface area contributed by atoms with E-state index in [0.717, 1.165) is 10.6 Å². The smallest absolute Gasteiger partial charge is 0.338 e. The van der Waals surface area contributed by atoms with E-state index in [2.05, 4.69) is 5.32 Å². The highest BCUT2D eigenvalue weighted by molar-refractivity contribution is 7.99. The molecule has 0 unspecified atom stereocenters. The van der Waals surface area contributed by atoms with E-state index >= 15 is 0 Å². The number of ether oxygens (including phenoxy) is 2. The largest absolute Gasteiger partial charge is 0.484 e. The van der Waals surface area contributed by atoms with E-state index in [1.165, 1.54) is 29.8 Å². The minimum Gasteiger partial charge on any atom is -0.484 e. The Morgan fingerprint density at radius 3 is 2.32 bits per heavy atom. The van der Waals surface area contributed by atoms with E-state index < -0.39 is 11.9 Å². The molecule has 0 saturated heterocycles. The molecule has 0 aromatic heterocycles.